The van der Waals surface area contributed by atoms with Crippen LogP contribution in [0.2, 0.25) is 0 Å². The molecule has 1 fully saturated rings. The van der Waals surface area contributed by atoms with Crippen LogP contribution in [0.4, 0.5) is 0 Å². The van der Waals surface area contributed by atoms with Gasteiger partial charge in [0.05, 0.1) is 23.5 Å². The van der Waals surface area contributed by atoms with Crippen LogP contribution in [-0.2, 0) is 38.1 Å². The minimum Gasteiger partial charge on any atom is -0.458 e. The van der Waals surface area contributed by atoms with Gasteiger partial charge in [0.1, 0.15) is 17.8 Å². The molecule has 0 unspecified atom stereocenters. The van der Waals surface area contributed by atoms with Crippen molar-refractivity contribution >= 4 is 29.7 Å². The Balaban J connectivity index is 2.32. The average molecular weight is 643 g/mol. The van der Waals surface area contributed by atoms with E-state index in [0.717, 1.165) is 13.8 Å². The highest BCUT2D eigenvalue weighted by Crippen LogP contribution is 2.50. The molecular weight excluding hydrogens is 596 g/mol. The molecule has 0 spiro atoms. The minimum atomic E-state index is -2.05. The van der Waals surface area contributed by atoms with E-state index < -0.39 is 94.9 Å². The number of ether oxygens (including phenoxy) is 4. The Morgan fingerprint density at radius 2 is 1.48 bits per heavy atom. The van der Waals surface area contributed by atoms with Crippen LogP contribution in [0.3, 0.4) is 0 Å². The minimum absolute atomic E-state index is 0.0822. The van der Waals surface area contributed by atoms with Crippen LogP contribution in [0.25, 0.3) is 0 Å². The molecule has 1 aromatic rings. The van der Waals surface area contributed by atoms with Crippen molar-refractivity contribution in [1.29, 1.82) is 0 Å². The fourth-order valence-electron chi connectivity index (χ4n) is 6.26. The van der Waals surface area contributed by atoms with Gasteiger partial charge < -0.3 is 29.2 Å². The predicted octanol–water partition coefficient (Wildman–Crippen LogP) is 3.75. The van der Waals surface area contributed by atoms with Crippen molar-refractivity contribution in [1.82, 2.24) is 0 Å². The van der Waals surface area contributed by atoms with Crippen molar-refractivity contribution in [3.8, 4) is 0 Å². The summed E-state index contributed by atoms with van der Waals surface area (Å²) >= 11 is 0. The summed E-state index contributed by atoms with van der Waals surface area (Å²) in [6, 6.07) is 8.15. The highest BCUT2D eigenvalue weighted by Gasteiger charge is 2.62. The molecule has 2 N–H and O–H groups in total. The maximum atomic E-state index is 14.2. The van der Waals surface area contributed by atoms with Crippen molar-refractivity contribution in [2.75, 3.05) is 0 Å². The molecule has 0 aliphatic heterocycles. The molecule has 0 amide bonds. The van der Waals surface area contributed by atoms with Gasteiger partial charge in [0.25, 0.3) is 0 Å². The smallest absolute Gasteiger partial charge is 0.338 e. The topological polar surface area (TPSA) is 163 Å². The monoisotopic (exact) mass is 642 g/mol. The highest BCUT2D eigenvalue weighted by molar-refractivity contribution is 5.93. The van der Waals surface area contributed by atoms with Gasteiger partial charge in [-0.3, -0.25) is 19.2 Å². The number of carbonyl (C=O) groups is 5. The molecule has 0 bridgehead atoms. The second kappa shape index (κ2) is 14.3. The summed E-state index contributed by atoms with van der Waals surface area (Å²) in [5.74, 6) is -7.20. The van der Waals surface area contributed by atoms with Crippen LogP contribution >= 0.6 is 0 Å². The van der Waals surface area contributed by atoms with E-state index >= 15 is 0 Å². The lowest BCUT2D eigenvalue weighted by molar-refractivity contribution is -0.181. The third-order valence-electron chi connectivity index (χ3n) is 8.75. The lowest BCUT2D eigenvalue weighted by atomic mass is 9.72. The van der Waals surface area contributed by atoms with Crippen LogP contribution < -0.4 is 0 Å². The molecule has 0 aromatic heterocycles. The van der Waals surface area contributed by atoms with Gasteiger partial charge in [0, 0.05) is 30.8 Å². The van der Waals surface area contributed by atoms with Gasteiger partial charge in [0.15, 0.2) is 11.9 Å². The van der Waals surface area contributed by atoms with Gasteiger partial charge >= 0.3 is 23.9 Å². The third-order valence-corrected chi connectivity index (χ3v) is 8.75. The molecule has 3 rings (SSSR count). The van der Waals surface area contributed by atoms with Crippen molar-refractivity contribution in [3.63, 3.8) is 0 Å². The lowest BCUT2D eigenvalue weighted by Gasteiger charge is -2.44. The van der Waals surface area contributed by atoms with Crippen molar-refractivity contribution in [3.05, 3.63) is 60.2 Å². The van der Waals surface area contributed by atoms with E-state index in [9.17, 15) is 34.2 Å². The normalized spacial score (nSPS) is 33.5. The first-order valence-corrected chi connectivity index (χ1v) is 15.5. The fourth-order valence-corrected chi connectivity index (χ4v) is 6.26. The Morgan fingerprint density at radius 1 is 0.913 bits per heavy atom. The lowest BCUT2D eigenvalue weighted by Crippen LogP contribution is -2.58. The van der Waals surface area contributed by atoms with Gasteiger partial charge in [-0.15, -0.1) is 0 Å². The van der Waals surface area contributed by atoms with Crippen LogP contribution in [0.5, 0.6) is 0 Å². The van der Waals surface area contributed by atoms with Crippen molar-refractivity contribution < 1.29 is 53.1 Å². The largest absolute Gasteiger partial charge is 0.458 e. The predicted molar refractivity (Wildman–Crippen MR) is 166 cm³/mol. The zero-order valence-corrected chi connectivity index (χ0v) is 27.7. The van der Waals surface area contributed by atoms with E-state index in [-0.39, 0.29) is 17.6 Å². The number of hydrogen-bond donors (Lipinski definition) is 2. The molecule has 0 heterocycles. The first-order chi connectivity index (χ1) is 21.3. The van der Waals surface area contributed by atoms with Gasteiger partial charge in [-0.2, -0.15) is 0 Å². The van der Waals surface area contributed by atoms with Gasteiger partial charge in [0.2, 0.25) is 6.10 Å². The Kier molecular flexibility index (Phi) is 11.4. The number of Topliss-reactive ketones (excluding diaryl/α,β-unsaturated/α-hetero) is 1. The fraction of sp³-hybridized carbons (Fsp3) is 0.571. The zero-order valence-electron chi connectivity index (χ0n) is 27.7. The number of ketones is 1. The van der Waals surface area contributed by atoms with E-state index in [1.54, 1.807) is 78.0 Å². The van der Waals surface area contributed by atoms with Crippen LogP contribution in [0.1, 0.15) is 72.2 Å². The summed E-state index contributed by atoms with van der Waals surface area (Å²) in [7, 11) is 0. The standard InChI is InChI=1S/C35H46O11/c1-18(2)32(40)46-29-28(44-23(7)37)21(5)27(43-22(6)36)25-26(45-33(41)24-13-11-10-12-14-24)20(4)17-35(25,42)30(38)19(3)15-16-34(8,9)31(29)39/h10-16,18-20,25-30,38,42H,5,17H2,1-4,6-9H3/b16-15+/t19-,20+,25-,26+,27-,28+,29-,30-,35-/m1/s1. The summed E-state index contributed by atoms with van der Waals surface area (Å²) in [5.41, 5.74) is -3.36. The molecule has 9 atom stereocenters. The number of carbonyl (C=O) groups excluding carboxylic acids is 5. The molecule has 11 heteroatoms. The Labute approximate surface area is 269 Å². The number of aliphatic hydroxyl groups excluding tert-OH is 1. The number of allylic oxidation sites excluding steroid dienone is 1. The molecule has 1 saturated carbocycles. The molecule has 2 aliphatic carbocycles. The Bertz CT molecular complexity index is 1360. The highest BCUT2D eigenvalue weighted by atomic mass is 16.6. The first-order valence-electron chi connectivity index (χ1n) is 15.5. The molecule has 0 saturated heterocycles. The van der Waals surface area contributed by atoms with E-state index in [0.29, 0.717) is 0 Å². The second-order valence-corrected chi connectivity index (χ2v) is 13.3. The quantitative estimate of drug-likeness (QED) is 0.264. The van der Waals surface area contributed by atoms with Gasteiger partial charge in [-0.25, -0.2) is 4.79 Å². The summed E-state index contributed by atoms with van der Waals surface area (Å²) in [5, 5.41) is 24.2. The number of rotatable bonds is 6. The van der Waals surface area contributed by atoms with E-state index in [2.05, 4.69) is 6.58 Å². The first kappa shape index (κ1) is 36.6. The average Bonchev–Trinajstić information content (AvgIpc) is 3.23. The summed E-state index contributed by atoms with van der Waals surface area (Å²) < 4.78 is 23.1. The van der Waals surface area contributed by atoms with Crippen LogP contribution in [0.15, 0.2) is 54.6 Å². The number of aliphatic hydroxyl groups is 2. The van der Waals surface area contributed by atoms with E-state index in [4.69, 9.17) is 18.9 Å². The summed E-state index contributed by atoms with van der Waals surface area (Å²) in [6.45, 7) is 15.9. The third kappa shape index (κ3) is 7.75. The SMILES string of the molecule is C=C1[C@@H](OC(C)=O)[C@H]2[C@@H](OC(=O)c3ccccc3)[C@@H](C)C[C@]2(O)[C@H](O)[C@H](C)/C=C/C(C)(C)C(=O)[C@H](OC(=O)C(C)C)[C@H]1OC(C)=O. The Hall–Kier alpha value is -3.83. The maximum Gasteiger partial charge on any atom is 0.338 e. The van der Waals surface area contributed by atoms with Crippen LogP contribution in [0, 0.1) is 29.1 Å². The molecular formula is C35H46O11. The number of fused-ring (bicyclic) bond motifs is 1. The molecule has 0 radical (unpaired) electrons. The Morgan fingerprint density at radius 3 is 2.02 bits per heavy atom. The number of benzene rings is 1. The molecule has 46 heavy (non-hydrogen) atoms. The van der Waals surface area contributed by atoms with E-state index in [1.807, 2.05) is 0 Å². The maximum absolute atomic E-state index is 14.2. The molecule has 1 aromatic carbocycles. The van der Waals surface area contributed by atoms with Gasteiger partial charge in [-0.1, -0.05) is 64.6 Å². The van der Waals surface area contributed by atoms with Crippen molar-refractivity contribution in [2.24, 2.45) is 29.1 Å². The zero-order chi connectivity index (χ0) is 34.7. The second-order valence-electron chi connectivity index (χ2n) is 13.3. The van der Waals surface area contributed by atoms with E-state index in [1.165, 1.54) is 6.08 Å². The number of esters is 4. The molecule has 2 aliphatic rings. The van der Waals surface area contributed by atoms with Gasteiger partial charge in [-0.05, 0) is 38.3 Å². The molecule has 252 valence electrons. The summed E-state index contributed by atoms with van der Waals surface area (Å²) in [6.07, 6.45) is -4.67. The number of hydrogen-bond acceptors (Lipinski definition) is 11. The van der Waals surface area contributed by atoms with Crippen molar-refractivity contribution in [2.45, 2.75) is 97.9 Å². The van der Waals surface area contributed by atoms with Crippen LogP contribution in [-0.4, -0.2) is 76.0 Å². The molecule has 11 nitrogen and oxygen atoms in total. The summed E-state index contributed by atoms with van der Waals surface area (Å²) in [4.78, 5) is 65.6.